The number of aliphatic carboxylic acids is 1. The Kier molecular flexibility index (Phi) is 5.33. The molecular weight excluding hydrogens is 380 g/mol. The monoisotopic (exact) mass is 396 g/mol. The normalized spacial score (nSPS) is 16.2. The van der Waals surface area contributed by atoms with Crippen molar-refractivity contribution in [3.05, 3.63) is 44.4 Å². The molecule has 7 nitrogen and oxygen atoms in total. The Morgan fingerprint density at radius 2 is 2.19 bits per heavy atom. The lowest BCUT2D eigenvalue weighted by atomic mass is 9.97. The van der Waals surface area contributed by atoms with E-state index in [4.69, 9.17) is 21.4 Å². The fourth-order valence-electron chi connectivity index (χ4n) is 2.97. The summed E-state index contributed by atoms with van der Waals surface area (Å²) < 4.78 is 5.39. The number of rotatable bonds is 5. The summed E-state index contributed by atoms with van der Waals surface area (Å²) in [6, 6.07) is 4.15. The van der Waals surface area contributed by atoms with Crippen LogP contribution in [-0.4, -0.2) is 45.3 Å². The molecule has 1 unspecified atom stereocenters. The maximum absolute atomic E-state index is 11.8. The number of fused-ring (bicyclic) bond motifs is 1. The number of hydrogen-bond donors (Lipinski definition) is 2. The van der Waals surface area contributed by atoms with Crippen LogP contribution in [0.15, 0.2) is 18.2 Å². The van der Waals surface area contributed by atoms with Crippen LogP contribution in [0.25, 0.3) is 0 Å². The molecule has 0 aliphatic carbocycles. The summed E-state index contributed by atoms with van der Waals surface area (Å²) in [5.41, 5.74) is 1.40. The number of carbonyl (C=O) groups is 2. The zero-order chi connectivity index (χ0) is 18.8. The second-order valence-electron chi connectivity index (χ2n) is 5.77. The molecule has 26 heavy (non-hydrogen) atoms. The molecule has 0 saturated heterocycles. The van der Waals surface area contributed by atoms with Crippen molar-refractivity contribution < 1.29 is 24.5 Å². The zero-order valence-electron chi connectivity index (χ0n) is 13.9. The van der Waals surface area contributed by atoms with E-state index in [1.54, 1.807) is 18.2 Å². The molecule has 1 aromatic carbocycles. The predicted octanol–water partition coefficient (Wildman–Crippen LogP) is 3.45. The maximum Gasteiger partial charge on any atom is 0.408 e. The molecule has 1 aliphatic rings. The summed E-state index contributed by atoms with van der Waals surface area (Å²) >= 11 is 7.60. The summed E-state index contributed by atoms with van der Waals surface area (Å²) in [4.78, 5) is 29.5. The largest absolute Gasteiger partial charge is 0.482 e. The molecule has 0 radical (unpaired) electrons. The van der Waals surface area contributed by atoms with Gasteiger partial charge in [-0.05, 0) is 24.6 Å². The Bertz CT molecular complexity index is 854. The van der Waals surface area contributed by atoms with Gasteiger partial charge in [0.2, 0.25) is 0 Å². The average molecular weight is 397 g/mol. The Morgan fingerprint density at radius 1 is 1.42 bits per heavy atom. The average Bonchev–Trinajstić information content (AvgIpc) is 3.02. The molecule has 1 aromatic heterocycles. The fourth-order valence-corrected chi connectivity index (χ4v) is 4.34. The van der Waals surface area contributed by atoms with Gasteiger partial charge in [0.15, 0.2) is 6.61 Å². The molecule has 1 aliphatic heterocycles. The van der Waals surface area contributed by atoms with Gasteiger partial charge in [-0.15, -0.1) is 11.3 Å². The SMILES string of the molecule is CCc1nc2c(s1)C(c1cc(Cl)ccc1OCC(=O)O)N(C(=O)O)CC2. The number of ether oxygens (including phenoxy) is 1. The Balaban J connectivity index is 2.12. The van der Waals surface area contributed by atoms with Crippen LogP contribution in [0, 0.1) is 0 Å². The number of thiazole rings is 1. The van der Waals surface area contributed by atoms with Gasteiger partial charge in [-0.2, -0.15) is 0 Å². The van der Waals surface area contributed by atoms with Crippen molar-refractivity contribution in [3.8, 4) is 5.75 Å². The summed E-state index contributed by atoms with van der Waals surface area (Å²) in [7, 11) is 0. The van der Waals surface area contributed by atoms with Crippen LogP contribution in [0.5, 0.6) is 5.75 Å². The van der Waals surface area contributed by atoms with Gasteiger partial charge in [0, 0.05) is 23.6 Å². The van der Waals surface area contributed by atoms with Gasteiger partial charge < -0.3 is 14.9 Å². The first kappa shape index (κ1) is 18.5. The lowest BCUT2D eigenvalue weighted by Crippen LogP contribution is -2.39. The lowest BCUT2D eigenvalue weighted by molar-refractivity contribution is -0.139. The van der Waals surface area contributed by atoms with Crippen LogP contribution in [0.4, 0.5) is 4.79 Å². The van der Waals surface area contributed by atoms with Gasteiger partial charge in [0.25, 0.3) is 0 Å². The second-order valence-corrected chi connectivity index (χ2v) is 7.32. The van der Waals surface area contributed by atoms with Crippen molar-refractivity contribution in [2.75, 3.05) is 13.2 Å². The van der Waals surface area contributed by atoms with Crippen molar-refractivity contribution in [3.63, 3.8) is 0 Å². The quantitative estimate of drug-likeness (QED) is 0.802. The summed E-state index contributed by atoms with van der Waals surface area (Å²) in [5, 5.41) is 19.9. The highest BCUT2D eigenvalue weighted by Gasteiger charge is 2.36. The molecule has 1 atom stereocenters. The standard InChI is InChI=1S/C17H17ClN2O5S/c1-2-13-19-11-5-6-20(17(23)24)15(16(11)26-13)10-7-9(18)3-4-12(10)25-8-14(21)22/h3-4,7,15H,2,5-6,8H2,1H3,(H,21,22)(H,23,24). The molecule has 138 valence electrons. The van der Waals surface area contributed by atoms with Crippen molar-refractivity contribution >= 4 is 35.0 Å². The predicted molar refractivity (Wildman–Crippen MR) is 96.4 cm³/mol. The highest BCUT2D eigenvalue weighted by molar-refractivity contribution is 7.11. The summed E-state index contributed by atoms with van der Waals surface area (Å²) in [6.45, 7) is 1.77. The Morgan fingerprint density at radius 3 is 2.85 bits per heavy atom. The summed E-state index contributed by atoms with van der Waals surface area (Å²) in [5.74, 6) is -0.816. The van der Waals surface area contributed by atoms with Gasteiger partial charge in [-0.25, -0.2) is 14.6 Å². The highest BCUT2D eigenvalue weighted by Crippen LogP contribution is 2.43. The van der Waals surface area contributed by atoms with Gasteiger partial charge in [-0.1, -0.05) is 18.5 Å². The molecule has 0 fully saturated rings. The van der Waals surface area contributed by atoms with E-state index >= 15 is 0 Å². The molecule has 0 spiro atoms. The highest BCUT2D eigenvalue weighted by atomic mass is 35.5. The number of carboxylic acids is 1. The number of amides is 1. The van der Waals surface area contributed by atoms with E-state index in [-0.39, 0.29) is 0 Å². The van der Waals surface area contributed by atoms with E-state index in [9.17, 15) is 14.7 Å². The van der Waals surface area contributed by atoms with E-state index in [1.807, 2.05) is 6.92 Å². The molecule has 0 saturated carbocycles. The Labute approximate surface area is 158 Å². The lowest BCUT2D eigenvalue weighted by Gasteiger charge is -2.34. The molecule has 1 amide bonds. The van der Waals surface area contributed by atoms with Crippen LogP contribution < -0.4 is 4.74 Å². The first-order valence-corrected chi connectivity index (χ1v) is 9.22. The van der Waals surface area contributed by atoms with Crippen LogP contribution in [0.3, 0.4) is 0 Å². The van der Waals surface area contributed by atoms with Crippen LogP contribution in [0.2, 0.25) is 5.02 Å². The van der Waals surface area contributed by atoms with E-state index in [0.29, 0.717) is 29.3 Å². The van der Waals surface area contributed by atoms with Gasteiger partial charge in [0.1, 0.15) is 11.8 Å². The molecule has 2 aromatic rings. The molecule has 2 heterocycles. The minimum Gasteiger partial charge on any atom is -0.482 e. The number of nitrogens with zero attached hydrogens (tertiary/aromatic N) is 2. The first-order chi connectivity index (χ1) is 12.4. The van der Waals surface area contributed by atoms with Gasteiger partial charge >= 0.3 is 12.1 Å². The van der Waals surface area contributed by atoms with Crippen molar-refractivity contribution in [2.24, 2.45) is 0 Å². The van der Waals surface area contributed by atoms with Gasteiger partial charge in [0.05, 0.1) is 15.6 Å². The maximum atomic E-state index is 11.8. The van der Waals surface area contributed by atoms with E-state index in [0.717, 1.165) is 22.0 Å². The molecule has 2 N–H and O–H groups in total. The minimum atomic E-state index is -1.11. The summed E-state index contributed by atoms with van der Waals surface area (Å²) in [6.07, 6.45) is 0.242. The smallest absolute Gasteiger partial charge is 0.408 e. The zero-order valence-corrected chi connectivity index (χ0v) is 15.5. The molecular formula is C17H17ClN2O5S. The van der Waals surface area contributed by atoms with Crippen LogP contribution >= 0.6 is 22.9 Å². The third-order valence-electron chi connectivity index (χ3n) is 4.09. The minimum absolute atomic E-state index is 0.296. The number of aryl methyl sites for hydroxylation is 1. The van der Waals surface area contributed by atoms with Crippen LogP contribution in [0.1, 0.15) is 34.1 Å². The number of aromatic nitrogens is 1. The van der Waals surface area contributed by atoms with Crippen molar-refractivity contribution in [1.82, 2.24) is 9.88 Å². The topological polar surface area (TPSA) is 100.0 Å². The van der Waals surface area contributed by atoms with E-state index in [1.165, 1.54) is 16.2 Å². The molecule has 3 rings (SSSR count). The third-order valence-corrected chi connectivity index (χ3v) is 5.62. The number of carboxylic acid groups (broad SMARTS) is 2. The number of benzene rings is 1. The van der Waals surface area contributed by atoms with Crippen molar-refractivity contribution in [1.29, 1.82) is 0 Å². The Hall–Kier alpha value is -2.32. The molecule has 9 heteroatoms. The van der Waals surface area contributed by atoms with Gasteiger partial charge in [-0.3, -0.25) is 4.90 Å². The van der Waals surface area contributed by atoms with Crippen LogP contribution in [-0.2, 0) is 17.6 Å². The van der Waals surface area contributed by atoms with E-state index < -0.39 is 24.7 Å². The third kappa shape index (κ3) is 3.61. The van der Waals surface area contributed by atoms with E-state index in [2.05, 4.69) is 4.98 Å². The number of halogens is 1. The first-order valence-electron chi connectivity index (χ1n) is 8.02. The molecule has 0 bridgehead atoms. The second kappa shape index (κ2) is 7.51. The fraction of sp³-hybridized carbons (Fsp3) is 0.353. The van der Waals surface area contributed by atoms with Crippen molar-refractivity contribution in [2.45, 2.75) is 25.8 Å². The number of hydrogen-bond acceptors (Lipinski definition) is 5.